The fraction of sp³-hybridized carbons (Fsp3) is 0.625. The van der Waals surface area contributed by atoms with Gasteiger partial charge in [-0.3, -0.25) is 29.9 Å². The molecule has 0 atom stereocenters. The number of hydrogen-bond acceptors (Lipinski definition) is 4. The molecule has 8 heteroatoms. The van der Waals surface area contributed by atoms with Gasteiger partial charge in [0.15, 0.2) is 0 Å². The lowest BCUT2D eigenvalue weighted by molar-refractivity contribution is -0.140. The van der Waals surface area contributed by atoms with Crippen molar-refractivity contribution in [2.75, 3.05) is 0 Å². The minimum Gasteiger partial charge on any atom is -0.345 e. The molecule has 132 valence electrons. The van der Waals surface area contributed by atoms with E-state index in [1.165, 1.54) is 0 Å². The van der Waals surface area contributed by atoms with E-state index in [0.29, 0.717) is 5.92 Å². The van der Waals surface area contributed by atoms with Crippen LogP contribution in [0.15, 0.2) is 0 Å². The monoisotopic (exact) mass is 335 g/mol. The highest BCUT2D eigenvalue weighted by atomic mass is 16.2. The highest BCUT2D eigenvalue weighted by molar-refractivity contribution is 6.35. The number of nitrogens with one attached hydrogen (secondary N) is 3. The second-order valence-electron chi connectivity index (χ2n) is 6.65. The Bertz CT molecular complexity index is 646. The Labute approximate surface area is 141 Å². The van der Waals surface area contributed by atoms with Gasteiger partial charge in [-0.05, 0) is 32.6 Å². The lowest BCUT2D eigenvalue weighted by Crippen LogP contribution is -2.49. The van der Waals surface area contributed by atoms with Gasteiger partial charge in [-0.2, -0.15) is 5.10 Å². The molecule has 3 amide bonds. The van der Waals surface area contributed by atoms with Crippen LogP contribution in [-0.2, 0) is 27.3 Å². The van der Waals surface area contributed by atoms with Crippen molar-refractivity contribution in [3.63, 3.8) is 0 Å². The molecule has 0 unspecified atom stereocenters. The number of amides is 3. The maximum Gasteiger partial charge on any atom is 0.327 e. The summed E-state index contributed by atoms with van der Waals surface area (Å²) in [6.45, 7) is 8.77. The summed E-state index contributed by atoms with van der Waals surface area (Å²) >= 11 is 0. The fourth-order valence-corrected chi connectivity index (χ4v) is 2.38. The van der Waals surface area contributed by atoms with Crippen LogP contribution in [0, 0.1) is 19.8 Å². The van der Waals surface area contributed by atoms with Gasteiger partial charge in [-0.1, -0.05) is 13.8 Å². The third-order valence-corrected chi connectivity index (χ3v) is 3.84. The molecular formula is C16H25N5O3. The summed E-state index contributed by atoms with van der Waals surface area (Å²) in [7, 11) is 0. The van der Waals surface area contributed by atoms with Crippen molar-refractivity contribution in [2.45, 2.75) is 59.5 Å². The number of aromatic nitrogens is 2. The molecule has 8 nitrogen and oxygen atoms in total. The largest absolute Gasteiger partial charge is 0.345 e. The normalized spacial score (nSPS) is 13.7. The molecular weight excluding hydrogens is 310 g/mol. The zero-order chi connectivity index (χ0) is 17.9. The molecule has 0 aromatic carbocycles. The van der Waals surface area contributed by atoms with Crippen LogP contribution in [-0.4, -0.2) is 33.5 Å². The van der Waals surface area contributed by atoms with Crippen LogP contribution >= 0.6 is 0 Å². The lowest BCUT2D eigenvalue weighted by Gasteiger charge is -2.09. The summed E-state index contributed by atoms with van der Waals surface area (Å²) < 4.78 is 1.89. The van der Waals surface area contributed by atoms with Crippen LogP contribution in [0.3, 0.4) is 0 Å². The molecule has 24 heavy (non-hydrogen) atoms. The van der Waals surface area contributed by atoms with Crippen LogP contribution in [0.25, 0.3) is 0 Å². The van der Waals surface area contributed by atoms with Gasteiger partial charge in [0.05, 0.1) is 12.1 Å². The number of hydrazine groups is 1. The maximum absolute atomic E-state index is 12.0. The molecule has 2 rings (SSSR count). The summed E-state index contributed by atoms with van der Waals surface area (Å²) in [6.07, 6.45) is 1.88. The average Bonchev–Trinajstić information content (AvgIpc) is 3.27. The van der Waals surface area contributed by atoms with E-state index in [0.717, 1.165) is 36.3 Å². The van der Waals surface area contributed by atoms with Crippen LogP contribution in [0.4, 0.5) is 0 Å². The van der Waals surface area contributed by atoms with Gasteiger partial charge in [-0.15, -0.1) is 0 Å². The Kier molecular flexibility index (Phi) is 5.58. The maximum atomic E-state index is 12.0. The van der Waals surface area contributed by atoms with Crippen LogP contribution < -0.4 is 16.2 Å². The molecule has 1 heterocycles. The molecule has 0 aliphatic heterocycles. The van der Waals surface area contributed by atoms with Crippen molar-refractivity contribution in [1.29, 1.82) is 0 Å². The summed E-state index contributed by atoms with van der Waals surface area (Å²) in [5.41, 5.74) is 6.98. The molecule has 1 saturated carbocycles. The molecule has 1 aromatic heterocycles. The van der Waals surface area contributed by atoms with Crippen LogP contribution in [0.5, 0.6) is 0 Å². The van der Waals surface area contributed by atoms with Gasteiger partial charge in [0.2, 0.25) is 5.91 Å². The molecule has 0 radical (unpaired) electrons. The van der Waals surface area contributed by atoms with Crippen molar-refractivity contribution in [3.05, 3.63) is 17.0 Å². The zero-order valence-corrected chi connectivity index (χ0v) is 14.6. The van der Waals surface area contributed by atoms with Crippen LogP contribution in [0.2, 0.25) is 0 Å². The van der Waals surface area contributed by atoms with Gasteiger partial charge in [-0.25, -0.2) is 0 Å². The summed E-state index contributed by atoms with van der Waals surface area (Å²) in [5, 5.41) is 7.00. The third kappa shape index (κ3) is 4.81. The molecule has 0 spiro atoms. The Morgan fingerprint density at radius 2 is 1.83 bits per heavy atom. The van der Waals surface area contributed by atoms with E-state index in [1.54, 1.807) is 0 Å². The van der Waals surface area contributed by atoms with Gasteiger partial charge in [0, 0.05) is 23.8 Å². The fourth-order valence-electron chi connectivity index (χ4n) is 2.38. The van der Waals surface area contributed by atoms with Crippen molar-refractivity contribution >= 4 is 17.7 Å². The SMILES string of the molecule is Cc1nn(CC(C)C)c(C)c1CC(=O)NNC(=O)C(=O)NC1CC1. The Balaban J connectivity index is 1.86. The quantitative estimate of drug-likeness (QED) is 0.525. The van der Waals surface area contributed by atoms with E-state index in [4.69, 9.17) is 0 Å². The third-order valence-electron chi connectivity index (χ3n) is 3.84. The summed E-state index contributed by atoms with van der Waals surface area (Å²) in [4.78, 5) is 35.1. The molecule has 1 aliphatic rings. The van der Waals surface area contributed by atoms with E-state index in [1.807, 2.05) is 18.5 Å². The molecule has 0 saturated heterocycles. The first-order chi connectivity index (χ1) is 11.3. The van der Waals surface area contributed by atoms with Gasteiger partial charge < -0.3 is 5.32 Å². The van der Waals surface area contributed by atoms with Crippen molar-refractivity contribution in [2.24, 2.45) is 5.92 Å². The first-order valence-corrected chi connectivity index (χ1v) is 8.20. The Hall–Kier alpha value is -2.38. The topological polar surface area (TPSA) is 105 Å². The number of nitrogens with zero attached hydrogens (tertiary/aromatic N) is 2. The van der Waals surface area contributed by atoms with E-state index >= 15 is 0 Å². The van der Waals surface area contributed by atoms with Gasteiger partial charge in [0.1, 0.15) is 0 Å². The number of carbonyl (C=O) groups is 3. The van der Waals surface area contributed by atoms with Gasteiger partial charge in [0.25, 0.3) is 0 Å². The minimum absolute atomic E-state index is 0.0936. The second kappa shape index (κ2) is 7.46. The predicted octanol–water partition coefficient (Wildman–Crippen LogP) is 0.124. The summed E-state index contributed by atoms with van der Waals surface area (Å²) in [5.74, 6) is -1.53. The van der Waals surface area contributed by atoms with E-state index < -0.39 is 17.7 Å². The van der Waals surface area contributed by atoms with E-state index in [-0.39, 0.29) is 12.5 Å². The zero-order valence-electron chi connectivity index (χ0n) is 14.6. The highest BCUT2D eigenvalue weighted by Gasteiger charge is 2.26. The Morgan fingerprint density at radius 3 is 2.42 bits per heavy atom. The van der Waals surface area contributed by atoms with Crippen molar-refractivity contribution in [1.82, 2.24) is 25.9 Å². The second-order valence-corrected chi connectivity index (χ2v) is 6.65. The smallest absolute Gasteiger partial charge is 0.327 e. The molecule has 1 aromatic rings. The minimum atomic E-state index is -0.862. The van der Waals surface area contributed by atoms with Crippen molar-refractivity contribution in [3.8, 4) is 0 Å². The van der Waals surface area contributed by atoms with Crippen LogP contribution in [0.1, 0.15) is 43.6 Å². The number of aryl methyl sites for hydroxylation is 1. The summed E-state index contributed by atoms with van der Waals surface area (Å²) in [6, 6.07) is 0.0936. The van der Waals surface area contributed by atoms with Crippen molar-refractivity contribution < 1.29 is 14.4 Å². The standard InChI is InChI=1S/C16H25N5O3/c1-9(2)8-21-11(4)13(10(3)20-21)7-14(22)18-19-16(24)15(23)17-12-5-6-12/h9,12H,5-8H2,1-4H3,(H,17,23)(H,18,22)(H,19,24). The van der Waals surface area contributed by atoms with E-state index in [9.17, 15) is 14.4 Å². The van der Waals surface area contributed by atoms with Gasteiger partial charge >= 0.3 is 11.8 Å². The molecule has 3 N–H and O–H groups in total. The van der Waals surface area contributed by atoms with E-state index in [2.05, 4.69) is 35.1 Å². The Morgan fingerprint density at radius 1 is 1.17 bits per heavy atom. The number of carbonyl (C=O) groups excluding carboxylic acids is 3. The predicted molar refractivity (Wildman–Crippen MR) is 87.7 cm³/mol. The molecule has 1 aliphatic carbocycles. The average molecular weight is 335 g/mol. The molecule has 0 bridgehead atoms. The lowest BCUT2D eigenvalue weighted by atomic mass is 10.1. The first kappa shape index (κ1) is 18.0. The first-order valence-electron chi connectivity index (χ1n) is 8.20. The highest BCUT2D eigenvalue weighted by Crippen LogP contribution is 2.18. The molecule has 1 fully saturated rings. The number of rotatable bonds is 5. The number of hydrogen-bond donors (Lipinski definition) is 3.